The molecular weight excluding hydrogens is 336 g/mol. The Morgan fingerprint density at radius 3 is 2.77 bits per heavy atom. The number of amides is 1. The van der Waals surface area contributed by atoms with E-state index in [1.54, 1.807) is 25.1 Å². The van der Waals surface area contributed by atoms with E-state index < -0.39 is 11.7 Å². The summed E-state index contributed by atoms with van der Waals surface area (Å²) in [6.45, 7) is 10.0. The Hall–Kier alpha value is -2.44. The molecule has 1 aliphatic heterocycles. The summed E-state index contributed by atoms with van der Waals surface area (Å²) in [5.74, 6) is 0.252. The van der Waals surface area contributed by atoms with Crippen molar-refractivity contribution in [1.82, 2.24) is 0 Å². The average molecular weight is 364 g/mol. The average Bonchev–Trinajstić information content (AvgIpc) is 2.53. The van der Waals surface area contributed by atoms with Gasteiger partial charge in [0.15, 0.2) is 0 Å². The molecule has 0 aliphatic carbocycles. The van der Waals surface area contributed by atoms with Crippen LogP contribution in [0.15, 0.2) is 18.2 Å². The molecule has 1 heterocycles. The Kier molecular flexibility index (Phi) is 6.34. The van der Waals surface area contributed by atoms with Gasteiger partial charge in [-0.1, -0.05) is 6.92 Å². The zero-order chi connectivity index (χ0) is 19.3. The van der Waals surface area contributed by atoms with Crippen molar-refractivity contribution in [2.75, 3.05) is 23.8 Å². The molecule has 1 aromatic carbocycles. The predicted octanol–water partition coefficient (Wildman–Crippen LogP) is 3.80. The maximum atomic E-state index is 11.9. The second-order valence-electron chi connectivity index (χ2n) is 7.35. The van der Waals surface area contributed by atoms with Crippen molar-refractivity contribution in [3.63, 3.8) is 0 Å². The minimum Gasteiger partial charge on any atom is -0.486 e. The second-order valence-corrected chi connectivity index (χ2v) is 7.35. The van der Waals surface area contributed by atoms with Crippen LogP contribution in [0.1, 0.15) is 41.0 Å². The van der Waals surface area contributed by atoms with Crippen LogP contribution in [0.2, 0.25) is 0 Å². The van der Waals surface area contributed by atoms with E-state index in [2.05, 4.69) is 10.6 Å². The highest BCUT2D eigenvalue weighted by Crippen LogP contribution is 2.33. The fraction of sp³-hybridized carbons (Fsp3) is 0.579. The molecule has 7 heteroatoms. The summed E-state index contributed by atoms with van der Waals surface area (Å²) >= 11 is 0. The summed E-state index contributed by atoms with van der Waals surface area (Å²) in [6, 6.07) is 5.34. The van der Waals surface area contributed by atoms with Crippen LogP contribution in [0.3, 0.4) is 0 Å². The maximum Gasteiger partial charge on any atom is 0.412 e. The van der Waals surface area contributed by atoms with Crippen LogP contribution in [0.5, 0.6) is 5.75 Å². The van der Waals surface area contributed by atoms with Gasteiger partial charge in [0.2, 0.25) is 0 Å². The van der Waals surface area contributed by atoms with Gasteiger partial charge in [0, 0.05) is 5.69 Å². The molecule has 0 radical (unpaired) electrons. The highest BCUT2D eigenvalue weighted by molar-refractivity contribution is 5.86. The van der Waals surface area contributed by atoms with Crippen LogP contribution in [0.4, 0.5) is 16.2 Å². The largest absolute Gasteiger partial charge is 0.486 e. The molecule has 2 N–H and O–H groups in total. The third-order valence-corrected chi connectivity index (χ3v) is 3.74. The van der Waals surface area contributed by atoms with E-state index in [4.69, 9.17) is 14.2 Å². The fourth-order valence-corrected chi connectivity index (χ4v) is 2.62. The predicted molar refractivity (Wildman–Crippen MR) is 99.6 cm³/mol. The SMILES string of the molecule is CCOC(=O)[C@@H](C)C[C@H]1CNc2cc(NC(=O)OC(C)(C)C)ccc2O1. The molecule has 0 unspecified atom stereocenters. The summed E-state index contributed by atoms with van der Waals surface area (Å²) < 4.78 is 16.2. The lowest BCUT2D eigenvalue weighted by molar-refractivity contribution is -0.148. The number of carbonyl (C=O) groups excluding carboxylic acids is 2. The summed E-state index contributed by atoms with van der Waals surface area (Å²) in [5.41, 5.74) is 0.855. The first kappa shape index (κ1) is 19.9. The number of hydrogen-bond acceptors (Lipinski definition) is 6. The van der Waals surface area contributed by atoms with E-state index in [0.717, 1.165) is 5.69 Å². The topological polar surface area (TPSA) is 85.9 Å². The number of anilines is 2. The maximum absolute atomic E-state index is 11.9. The van der Waals surface area contributed by atoms with Crippen molar-refractivity contribution in [3.05, 3.63) is 18.2 Å². The van der Waals surface area contributed by atoms with Gasteiger partial charge in [-0.15, -0.1) is 0 Å². The monoisotopic (exact) mass is 364 g/mol. The Balaban J connectivity index is 1.94. The number of esters is 1. The molecule has 144 valence electrons. The molecule has 26 heavy (non-hydrogen) atoms. The molecule has 1 amide bonds. The molecular formula is C19H28N2O5. The van der Waals surface area contributed by atoms with Gasteiger partial charge in [0.25, 0.3) is 0 Å². The zero-order valence-electron chi connectivity index (χ0n) is 16.0. The van der Waals surface area contributed by atoms with Gasteiger partial charge in [-0.2, -0.15) is 0 Å². The summed E-state index contributed by atoms with van der Waals surface area (Å²) in [4.78, 5) is 23.6. The van der Waals surface area contributed by atoms with Crippen molar-refractivity contribution in [1.29, 1.82) is 0 Å². The Morgan fingerprint density at radius 2 is 2.12 bits per heavy atom. The van der Waals surface area contributed by atoms with Gasteiger partial charge in [0.05, 0.1) is 24.8 Å². The van der Waals surface area contributed by atoms with Crippen LogP contribution in [0, 0.1) is 5.92 Å². The number of benzene rings is 1. The standard InChI is InChI=1S/C19H28N2O5/c1-6-24-17(22)12(2)9-14-11-20-15-10-13(7-8-16(15)25-14)21-18(23)26-19(3,4)5/h7-8,10,12,14,20H,6,9,11H2,1-5H3,(H,21,23)/t12-,14-/m0/s1. The number of nitrogens with one attached hydrogen (secondary N) is 2. The van der Waals surface area contributed by atoms with E-state index in [9.17, 15) is 9.59 Å². The number of hydrogen-bond donors (Lipinski definition) is 2. The lowest BCUT2D eigenvalue weighted by atomic mass is 10.0. The lowest BCUT2D eigenvalue weighted by Crippen LogP contribution is -2.34. The summed E-state index contributed by atoms with van der Waals surface area (Å²) in [5, 5.41) is 5.98. The Bertz CT molecular complexity index is 654. The first-order chi connectivity index (χ1) is 12.2. The molecule has 1 aromatic rings. The third-order valence-electron chi connectivity index (χ3n) is 3.74. The van der Waals surface area contributed by atoms with Gasteiger partial charge in [0.1, 0.15) is 17.5 Å². The van der Waals surface area contributed by atoms with Crippen molar-refractivity contribution < 1.29 is 23.8 Å². The highest BCUT2D eigenvalue weighted by atomic mass is 16.6. The Morgan fingerprint density at radius 1 is 1.38 bits per heavy atom. The van der Waals surface area contributed by atoms with Crippen molar-refractivity contribution >= 4 is 23.4 Å². The molecule has 0 saturated carbocycles. The van der Waals surface area contributed by atoms with E-state index in [0.29, 0.717) is 31.0 Å². The number of ether oxygens (including phenoxy) is 3. The third kappa shape index (κ3) is 5.82. The van der Waals surface area contributed by atoms with Crippen LogP contribution in [0.25, 0.3) is 0 Å². The highest BCUT2D eigenvalue weighted by Gasteiger charge is 2.25. The van der Waals surface area contributed by atoms with E-state index in [1.165, 1.54) is 0 Å². The molecule has 7 nitrogen and oxygen atoms in total. The van der Waals surface area contributed by atoms with E-state index >= 15 is 0 Å². The molecule has 0 bridgehead atoms. The molecule has 2 atom stereocenters. The Labute approximate surface area is 154 Å². The molecule has 0 aromatic heterocycles. The first-order valence-electron chi connectivity index (χ1n) is 8.89. The van der Waals surface area contributed by atoms with Crippen molar-refractivity contribution in [3.8, 4) is 5.75 Å². The first-order valence-corrected chi connectivity index (χ1v) is 8.89. The van der Waals surface area contributed by atoms with E-state index in [-0.39, 0.29) is 18.0 Å². The number of fused-ring (bicyclic) bond motifs is 1. The van der Waals surface area contributed by atoms with Crippen molar-refractivity contribution in [2.45, 2.75) is 52.7 Å². The normalized spacial score (nSPS) is 17.2. The van der Waals surface area contributed by atoms with E-state index in [1.807, 2.05) is 27.7 Å². The van der Waals surface area contributed by atoms with Gasteiger partial charge in [-0.25, -0.2) is 4.79 Å². The second kappa shape index (κ2) is 8.29. The molecule has 0 spiro atoms. The van der Waals surface area contributed by atoms with Crippen LogP contribution >= 0.6 is 0 Å². The summed E-state index contributed by atoms with van der Waals surface area (Å²) in [7, 11) is 0. The lowest BCUT2D eigenvalue weighted by Gasteiger charge is -2.29. The van der Waals surface area contributed by atoms with Crippen LogP contribution < -0.4 is 15.4 Å². The zero-order valence-corrected chi connectivity index (χ0v) is 16.0. The van der Waals surface area contributed by atoms with Gasteiger partial charge < -0.3 is 19.5 Å². The van der Waals surface area contributed by atoms with Crippen LogP contribution in [-0.2, 0) is 14.3 Å². The molecule has 2 rings (SSSR count). The molecule has 0 fully saturated rings. The van der Waals surface area contributed by atoms with Gasteiger partial charge in [-0.05, 0) is 52.3 Å². The fourth-order valence-electron chi connectivity index (χ4n) is 2.62. The van der Waals surface area contributed by atoms with Crippen molar-refractivity contribution in [2.24, 2.45) is 5.92 Å². The smallest absolute Gasteiger partial charge is 0.412 e. The van der Waals surface area contributed by atoms with Crippen LogP contribution in [-0.4, -0.2) is 36.9 Å². The van der Waals surface area contributed by atoms with Gasteiger partial charge >= 0.3 is 12.1 Å². The number of carbonyl (C=O) groups is 2. The number of rotatable bonds is 5. The molecule has 1 aliphatic rings. The minimum absolute atomic E-state index is 0.119. The minimum atomic E-state index is -0.553. The van der Waals surface area contributed by atoms with Gasteiger partial charge in [-0.3, -0.25) is 10.1 Å². The summed E-state index contributed by atoms with van der Waals surface area (Å²) in [6.07, 6.45) is -0.0507. The quantitative estimate of drug-likeness (QED) is 0.773. The molecule has 0 saturated heterocycles.